The number of H-pyrrole nitrogens is 1. The molecule has 18 heavy (non-hydrogen) atoms. The van der Waals surface area contributed by atoms with Crippen molar-refractivity contribution in [1.82, 2.24) is 15.3 Å². The van der Waals surface area contributed by atoms with Crippen LogP contribution in [0, 0.1) is 0 Å². The van der Waals surface area contributed by atoms with Crippen LogP contribution in [0.2, 0.25) is 0 Å². The van der Waals surface area contributed by atoms with E-state index in [2.05, 4.69) is 15.3 Å². The highest BCUT2D eigenvalue weighted by Gasteiger charge is 2.17. The van der Waals surface area contributed by atoms with Crippen molar-refractivity contribution >= 4 is 0 Å². The fraction of sp³-hybridized carbons (Fsp3) is 0.308. The monoisotopic (exact) mass is 245 g/mol. The average Bonchev–Trinajstić information content (AvgIpc) is 2.98. The predicted molar refractivity (Wildman–Crippen MR) is 67.7 cm³/mol. The first-order chi connectivity index (χ1) is 8.81. The van der Waals surface area contributed by atoms with Crippen molar-refractivity contribution in [3.05, 3.63) is 29.6 Å². The first-order valence-corrected chi connectivity index (χ1v) is 5.82. The summed E-state index contributed by atoms with van der Waals surface area (Å²) in [5, 5.41) is 3.25. The molecule has 0 aliphatic carbocycles. The van der Waals surface area contributed by atoms with E-state index in [1.165, 1.54) is 5.69 Å². The lowest BCUT2D eigenvalue weighted by atomic mass is 10.2. The van der Waals surface area contributed by atoms with E-state index in [0.717, 1.165) is 35.9 Å². The van der Waals surface area contributed by atoms with Crippen molar-refractivity contribution in [2.75, 3.05) is 14.2 Å². The molecule has 5 nitrogen and oxygen atoms in total. The van der Waals surface area contributed by atoms with Crippen LogP contribution >= 0.6 is 0 Å². The Kier molecular flexibility index (Phi) is 2.68. The Bertz CT molecular complexity index is 556. The normalized spacial score (nSPS) is 13.4. The van der Waals surface area contributed by atoms with Gasteiger partial charge in [-0.15, -0.1) is 0 Å². The van der Waals surface area contributed by atoms with E-state index < -0.39 is 0 Å². The van der Waals surface area contributed by atoms with E-state index in [1.807, 2.05) is 18.2 Å². The summed E-state index contributed by atoms with van der Waals surface area (Å²) in [6.07, 6.45) is 0. The van der Waals surface area contributed by atoms with Gasteiger partial charge in [0.25, 0.3) is 0 Å². The van der Waals surface area contributed by atoms with Gasteiger partial charge in [0.2, 0.25) is 0 Å². The molecule has 3 rings (SSSR count). The average molecular weight is 245 g/mol. The highest BCUT2D eigenvalue weighted by atomic mass is 16.5. The van der Waals surface area contributed by atoms with Crippen molar-refractivity contribution in [3.8, 4) is 22.9 Å². The van der Waals surface area contributed by atoms with Crippen LogP contribution < -0.4 is 14.8 Å². The molecule has 94 valence electrons. The Hall–Kier alpha value is -2.01. The fourth-order valence-corrected chi connectivity index (χ4v) is 2.16. The van der Waals surface area contributed by atoms with Gasteiger partial charge in [-0.2, -0.15) is 0 Å². The van der Waals surface area contributed by atoms with E-state index in [1.54, 1.807) is 14.2 Å². The highest BCUT2D eigenvalue weighted by Crippen LogP contribution is 2.31. The number of methoxy groups -OCH3 is 2. The summed E-state index contributed by atoms with van der Waals surface area (Å²) in [4.78, 5) is 7.91. The maximum absolute atomic E-state index is 5.30. The van der Waals surface area contributed by atoms with Gasteiger partial charge in [0.05, 0.1) is 25.6 Å². The van der Waals surface area contributed by atoms with Gasteiger partial charge in [0.1, 0.15) is 5.82 Å². The van der Waals surface area contributed by atoms with E-state index in [0.29, 0.717) is 5.75 Å². The first-order valence-electron chi connectivity index (χ1n) is 5.82. The van der Waals surface area contributed by atoms with Gasteiger partial charge < -0.3 is 19.8 Å². The number of imidazole rings is 1. The van der Waals surface area contributed by atoms with Crippen molar-refractivity contribution in [2.45, 2.75) is 13.1 Å². The number of aromatic nitrogens is 2. The molecule has 0 amide bonds. The van der Waals surface area contributed by atoms with E-state index in [4.69, 9.17) is 9.47 Å². The zero-order valence-electron chi connectivity index (χ0n) is 10.4. The zero-order valence-corrected chi connectivity index (χ0v) is 10.4. The van der Waals surface area contributed by atoms with Crippen LogP contribution in [0.5, 0.6) is 11.5 Å². The summed E-state index contributed by atoms with van der Waals surface area (Å²) >= 11 is 0. The molecule has 2 N–H and O–H groups in total. The maximum Gasteiger partial charge on any atom is 0.161 e. The van der Waals surface area contributed by atoms with Crippen LogP contribution in [0.15, 0.2) is 18.2 Å². The topological polar surface area (TPSA) is 59.2 Å². The SMILES string of the molecule is COc1ccc(-c2nc3c([nH]2)CNC3)cc1OC. The second-order valence-corrected chi connectivity index (χ2v) is 4.18. The number of aromatic amines is 1. The number of rotatable bonds is 3. The second kappa shape index (κ2) is 4.34. The molecule has 0 bridgehead atoms. The van der Waals surface area contributed by atoms with Crippen LogP contribution in [0.4, 0.5) is 0 Å². The molecular formula is C13H15N3O2. The summed E-state index contributed by atoms with van der Waals surface area (Å²) in [5.74, 6) is 2.31. The molecule has 2 aromatic rings. The molecule has 0 saturated carbocycles. The lowest BCUT2D eigenvalue weighted by Crippen LogP contribution is -2.02. The number of nitrogens with zero attached hydrogens (tertiary/aromatic N) is 1. The van der Waals surface area contributed by atoms with Crippen LogP contribution in [0.3, 0.4) is 0 Å². The molecule has 2 heterocycles. The number of ether oxygens (including phenoxy) is 2. The minimum atomic E-state index is 0.713. The number of nitrogens with one attached hydrogen (secondary N) is 2. The zero-order chi connectivity index (χ0) is 12.5. The van der Waals surface area contributed by atoms with Crippen molar-refractivity contribution in [3.63, 3.8) is 0 Å². The number of hydrogen-bond acceptors (Lipinski definition) is 4. The fourth-order valence-electron chi connectivity index (χ4n) is 2.16. The van der Waals surface area contributed by atoms with Crippen LogP contribution in [0.25, 0.3) is 11.4 Å². The van der Waals surface area contributed by atoms with Crippen molar-refractivity contribution in [1.29, 1.82) is 0 Å². The number of benzene rings is 1. The Morgan fingerprint density at radius 1 is 1.11 bits per heavy atom. The van der Waals surface area contributed by atoms with Gasteiger partial charge in [-0.05, 0) is 18.2 Å². The van der Waals surface area contributed by atoms with Gasteiger partial charge in [-0.25, -0.2) is 4.98 Å². The summed E-state index contributed by atoms with van der Waals surface area (Å²) < 4.78 is 10.5. The van der Waals surface area contributed by atoms with Crippen molar-refractivity contribution in [2.24, 2.45) is 0 Å². The number of hydrogen-bond donors (Lipinski definition) is 2. The van der Waals surface area contributed by atoms with Gasteiger partial charge in [-0.1, -0.05) is 0 Å². The Morgan fingerprint density at radius 2 is 1.94 bits per heavy atom. The molecule has 1 aromatic heterocycles. The Labute approximate surface area is 105 Å². The lowest BCUT2D eigenvalue weighted by molar-refractivity contribution is 0.355. The quantitative estimate of drug-likeness (QED) is 0.864. The van der Waals surface area contributed by atoms with Gasteiger partial charge in [0.15, 0.2) is 11.5 Å². The van der Waals surface area contributed by atoms with E-state index >= 15 is 0 Å². The molecule has 1 aliphatic rings. The third-order valence-electron chi connectivity index (χ3n) is 3.12. The molecule has 0 spiro atoms. The molecule has 0 radical (unpaired) electrons. The Balaban J connectivity index is 2.00. The van der Waals surface area contributed by atoms with Gasteiger partial charge in [0, 0.05) is 18.7 Å². The molecular weight excluding hydrogens is 230 g/mol. The molecule has 1 aliphatic heterocycles. The first kappa shape index (κ1) is 11.1. The van der Waals surface area contributed by atoms with Gasteiger partial charge in [-0.3, -0.25) is 0 Å². The molecule has 1 aromatic carbocycles. The Morgan fingerprint density at radius 3 is 2.67 bits per heavy atom. The number of fused-ring (bicyclic) bond motifs is 1. The smallest absolute Gasteiger partial charge is 0.161 e. The van der Waals surface area contributed by atoms with E-state index in [-0.39, 0.29) is 0 Å². The molecule has 0 saturated heterocycles. The van der Waals surface area contributed by atoms with Crippen LogP contribution in [-0.4, -0.2) is 24.2 Å². The maximum atomic E-state index is 5.30. The van der Waals surface area contributed by atoms with Crippen molar-refractivity contribution < 1.29 is 9.47 Å². The lowest BCUT2D eigenvalue weighted by Gasteiger charge is -2.08. The summed E-state index contributed by atoms with van der Waals surface area (Å²) in [7, 11) is 3.26. The minimum absolute atomic E-state index is 0.713. The van der Waals surface area contributed by atoms with Crippen LogP contribution in [0.1, 0.15) is 11.4 Å². The summed E-state index contributed by atoms with van der Waals surface area (Å²) in [5.41, 5.74) is 3.27. The highest BCUT2D eigenvalue weighted by molar-refractivity contribution is 5.62. The molecule has 0 fully saturated rings. The largest absolute Gasteiger partial charge is 0.493 e. The molecule has 5 heteroatoms. The molecule has 0 unspecified atom stereocenters. The van der Waals surface area contributed by atoms with E-state index in [9.17, 15) is 0 Å². The summed E-state index contributed by atoms with van der Waals surface area (Å²) in [6.45, 7) is 1.69. The van der Waals surface area contributed by atoms with Crippen LogP contribution in [-0.2, 0) is 13.1 Å². The third-order valence-corrected chi connectivity index (χ3v) is 3.12. The van der Waals surface area contributed by atoms with Gasteiger partial charge >= 0.3 is 0 Å². The predicted octanol–water partition coefficient (Wildman–Crippen LogP) is 1.70. The third kappa shape index (κ3) is 1.73. The molecule has 0 atom stereocenters. The summed E-state index contributed by atoms with van der Waals surface area (Å²) in [6, 6.07) is 5.79. The minimum Gasteiger partial charge on any atom is -0.493 e. The standard InChI is InChI=1S/C13H15N3O2/c1-17-11-4-3-8(5-12(11)18-2)13-15-9-6-14-7-10(9)16-13/h3-5,14H,6-7H2,1-2H3,(H,15,16). The second-order valence-electron chi connectivity index (χ2n) is 4.18.